The Morgan fingerprint density at radius 2 is 1.85 bits per heavy atom. The molecule has 0 atom stereocenters. The van der Waals surface area contributed by atoms with E-state index in [1.54, 1.807) is 4.68 Å². The highest BCUT2D eigenvalue weighted by Crippen LogP contribution is 2.61. The van der Waals surface area contributed by atoms with Gasteiger partial charge in [0.1, 0.15) is 17.9 Å². The number of hydrogen-bond donors (Lipinski definition) is 0. The van der Waals surface area contributed by atoms with Crippen LogP contribution < -0.4 is 0 Å². The lowest BCUT2D eigenvalue weighted by Gasteiger charge is -2.56. The van der Waals surface area contributed by atoms with Crippen LogP contribution >= 0.6 is 0 Å². The number of hydrogen-bond acceptors (Lipinski definition) is 3. The molecule has 4 aliphatic rings. The molecular weight excluding hydrogens is 250 g/mol. The van der Waals surface area contributed by atoms with Gasteiger partial charge in [-0.15, -0.1) is 0 Å². The summed E-state index contributed by atoms with van der Waals surface area (Å²) in [5.74, 6) is 3.93. The first-order valence-corrected chi connectivity index (χ1v) is 7.96. The van der Waals surface area contributed by atoms with Gasteiger partial charge in [0.25, 0.3) is 0 Å². The quantitative estimate of drug-likeness (QED) is 0.847. The Morgan fingerprint density at radius 1 is 1.25 bits per heavy atom. The highest BCUT2D eigenvalue weighted by molar-refractivity contribution is 5.80. The highest BCUT2D eigenvalue weighted by Gasteiger charge is 2.51. The van der Waals surface area contributed by atoms with E-state index in [1.807, 2.05) is 7.05 Å². The van der Waals surface area contributed by atoms with Crippen molar-refractivity contribution in [3.05, 3.63) is 12.2 Å². The van der Waals surface area contributed by atoms with E-state index in [9.17, 15) is 4.79 Å². The first-order valence-electron chi connectivity index (χ1n) is 7.96. The van der Waals surface area contributed by atoms with Gasteiger partial charge in [0.2, 0.25) is 0 Å². The Kier molecular flexibility index (Phi) is 2.76. The molecule has 0 N–H and O–H groups in total. The number of nitrogens with zero attached hydrogens (tertiary/aromatic N) is 3. The van der Waals surface area contributed by atoms with E-state index in [4.69, 9.17) is 0 Å². The van der Waals surface area contributed by atoms with Gasteiger partial charge in [0, 0.05) is 13.5 Å². The van der Waals surface area contributed by atoms with Crippen LogP contribution in [0.25, 0.3) is 0 Å². The SMILES string of the molecule is Cn1ncnc1CC(=O)CC12CC3CC(CC(C3)C1)C2. The van der Waals surface area contributed by atoms with Crippen molar-refractivity contribution < 1.29 is 4.79 Å². The fourth-order valence-electron chi connectivity index (χ4n) is 5.64. The van der Waals surface area contributed by atoms with Crippen LogP contribution in [0.1, 0.15) is 50.8 Å². The summed E-state index contributed by atoms with van der Waals surface area (Å²) in [7, 11) is 1.86. The number of carbonyl (C=O) groups excluding carboxylic acids is 1. The van der Waals surface area contributed by atoms with E-state index >= 15 is 0 Å². The molecule has 4 saturated carbocycles. The molecule has 4 fully saturated rings. The van der Waals surface area contributed by atoms with Gasteiger partial charge in [-0.2, -0.15) is 5.10 Å². The molecule has 0 spiro atoms. The number of ketones is 1. The van der Waals surface area contributed by atoms with E-state index in [2.05, 4.69) is 10.1 Å². The minimum atomic E-state index is 0.352. The van der Waals surface area contributed by atoms with Crippen molar-refractivity contribution in [2.24, 2.45) is 30.2 Å². The number of aromatic nitrogens is 3. The van der Waals surface area contributed by atoms with Crippen molar-refractivity contribution in [3.8, 4) is 0 Å². The molecule has 0 radical (unpaired) electrons. The molecule has 0 saturated heterocycles. The maximum absolute atomic E-state index is 12.5. The number of carbonyl (C=O) groups is 1. The molecular formula is C16H23N3O. The molecule has 1 aromatic heterocycles. The first-order chi connectivity index (χ1) is 9.62. The molecule has 0 unspecified atom stereocenters. The van der Waals surface area contributed by atoms with Gasteiger partial charge in [-0.3, -0.25) is 9.48 Å². The first kappa shape index (κ1) is 12.5. The summed E-state index contributed by atoms with van der Waals surface area (Å²) in [6.45, 7) is 0. The topological polar surface area (TPSA) is 47.8 Å². The minimum absolute atomic E-state index is 0.352. The van der Waals surface area contributed by atoms with Crippen LogP contribution in [-0.4, -0.2) is 20.5 Å². The standard InChI is InChI=1S/C16H23N3O/c1-19-15(17-10-18-19)5-14(20)9-16-6-11-2-12(7-16)4-13(3-11)8-16/h10-13H,2-9H2,1H3. The molecule has 0 aromatic carbocycles. The Balaban J connectivity index is 1.46. The van der Waals surface area contributed by atoms with Gasteiger partial charge in [0.15, 0.2) is 0 Å². The summed E-state index contributed by atoms with van der Waals surface area (Å²) in [6.07, 6.45) is 11.0. The molecule has 108 valence electrons. The average Bonchev–Trinajstić information content (AvgIpc) is 2.72. The maximum atomic E-state index is 12.5. The number of aryl methyl sites for hydroxylation is 1. The summed E-state index contributed by atoms with van der Waals surface area (Å²) in [4.78, 5) is 16.6. The second-order valence-electron chi connectivity index (χ2n) is 7.61. The van der Waals surface area contributed by atoms with Crippen molar-refractivity contribution >= 4 is 5.78 Å². The molecule has 4 bridgehead atoms. The largest absolute Gasteiger partial charge is 0.299 e. The predicted molar refractivity (Wildman–Crippen MR) is 74.9 cm³/mol. The van der Waals surface area contributed by atoms with E-state index in [0.29, 0.717) is 17.6 Å². The second kappa shape index (κ2) is 4.40. The van der Waals surface area contributed by atoms with Gasteiger partial charge in [-0.25, -0.2) is 4.98 Å². The zero-order valence-corrected chi connectivity index (χ0v) is 12.2. The fourth-order valence-corrected chi connectivity index (χ4v) is 5.64. The van der Waals surface area contributed by atoms with Gasteiger partial charge in [-0.1, -0.05) is 0 Å². The molecule has 5 rings (SSSR count). The van der Waals surface area contributed by atoms with Gasteiger partial charge >= 0.3 is 0 Å². The molecule has 1 heterocycles. The zero-order valence-electron chi connectivity index (χ0n) is 12.2. The summed E-state index contributed by atoms with van der Waals surface area (Å²) in [5.41, 5.74) is 0.352. The van der Waals surface area contributed by atoms with Crippen LogP contribution in [0.4, 0.5) is 0 Å². The molecule has 4 aliphatic carbocycles. The van der Waals surface area contributed by atoms with Crippen LogP contribution in [0.2, 0.25) is 0 Å². The van der Waals surface area contributed by atoms with Crippen molar-refractivity contribution in [1.82, 2.24) is 14.8 Å². The molecule has 4 nitrogen and oxygen atoms in total. The van der Waals surface area contributed by atoms with Crippen LogP contribution in [0.15, 0.2) is 6.33 Å². The molecule has 20 heavy (non-hydrogen) atoms. The van der Waals surface area contributed by atoms with Crippen molar-refractivity contribution in [2.75, 3.05) is 0 Å². The van der Waals surface area contributed by atoms with Gasteiger partial charge in [-0.05, 0) is 61.7 Å². The predicted octanol–water partition coefficient (Wildman–Crippen LogP) is 2.53. The van der Waals surface area contributed by atoms with Crippen molar-refractivity contribution in [1.29, 1.82) is 0 Å². The Labute approximate surface area is 120 Å². The van der Waals surface area contributed by atoms with E-state index in [-0.39, 0.29) is 0 Å². The summed E-state index contributed by atoms with van der Waals surface area (Å²) in [5, 5.41) is 4.05. The lowest BCUT2D eigenvalue weighted by Crippen LogP contribution is -2.47. The average molecular weight is 273 g/mol. The van der Waals surface area contributed by atoms with Crippen LogP contribution in [0.5, 0.6) is 0 Å². The van der Waals surface area contributed by atoms with E-state index in [1.165, 1.54) is 44.9 Å². The minimum Gasteiger partial charge on any atom is -0.299 e. The van der Waals surface area contributed by atoms with Crippen molar-refractivity contribution in [3.63, 3.8) is 0 Å². The van der Waals surface area contributed by atoms with Gasteiger partial charge in [0.05, 0.1) is 6.42 Å². The number of rotatable bonds is 4. The Hall–Kier alpha value is -1.19. The fraction of sp³-hybridized carbons (Fsp3) is 0.812. The summed E-state index contributed by atoms with van der Waals surface area (Å²) < 4.78 is 1.72. The molecule has 0 amide bonds. The van der Waals surface area contributed by atoms with Gasteiger partial charge < -0.3 is 0 Å². The third kappa shape index (κ3) is 2.09. The van der Waals surface area contributed by atoms with Crippen molar-refractivity contribution in [2.45, 2.75) is 51.4 Å². The Morgan fingerprint density at radius 3 is 2.35 bits per heavy atom. The Bertz CT molecular complexity index is 498. The maximum Gasteiger partial charge on any atom is 0.141 e. The molecule has 1 aromatic rings. The molecule has 4 heteroatoms. The van der Waals surface area contributed by atoms with Crippen LogP contribution in [-0.2, 0) is 18.3 Å². The summed E-state index contributed by atoms with van der Waals surface area (Å²) >= 11 is 0. The number of Topliss-reactive ketones (excluding diaryl/α,β-unsaturated/α-hetero) is 1. The summed E-state index contributed by atoms with van der Waals surface area (Å²) in [6, 6.07) is 0. The van der Waals surface area contributed by atoms with Crippen LogP contribution in [0.3, 0.4) is 0 Å². The highest BCUT2D eigenvalue weighted by atomic mass is 16.1. The monoisotopic (exact) mass is 273 g/mol. The third-order valence-corrected chi connectivity index (χ3v) is 5.90. The normalized spacial score (nSPS) is 38.4. The van der Waals surface area contributed by atoms with E-state index < -0.39 is 0 Å². The van der Waals surface area contributed by atoms with Crippen LogP contribution in [0, 0.1) is 23.2 Å². The lowest BCUT2D eigenvalue weighted by molar-refractivity contribution is -0.126. The smallest absolute Gasteiger partial charge is 0.141 e. The lowest BCUT2D eigenvalue weighted by atomic mass is 9.48. The second-order valence-corrected chi connectivity index (χ2v) is 7.61. The zero-order chi connectivity index (χ0) is 13.7. The third-order valence-electron chi connectivity index (χ3n) is 5.90. The van der Waals surface area contributed by atoms with E-state index in [0.717, 1.165) is 30.0 Å². The molecule has 0 aliphatic heterocycles.